The minimum atomic E-state index is -1.75. The Morgan fingerprint density at radius 2 is 1.88 bits per heavy atom. The third kappa shape index (κ3) is 4.26. The highest BCUT2D eigenvalue weighted by Gasteiger charge is 2.31. The summed E-state index contributed by atoms with van der Waals surface area (Å²) in [4.78, 5) is 37.0. The van der Waals surface area contributed by atoms with Gasteiger partial charge in [0, 0.05) is 0 Å². The van der Waals surface area contributed by atoms with Gasteiger partial charge in [-0.3, -0.25) is 9.63 Å². The Hall–Kier alpha value is -1.63. The Bertz CT molecular complexity index is 277. The fraction of sp³-hybridized carbons (Fsp3) is 0.667. The molecule has 0 aliphatic carbocycles. The number of carbonyl (C=O) groups is 3. The summed E-state index contributed by atoms with van der Waals surface area (Å²) < 4.78 is 0. The van der Waals surface area contributed by atoms with Crippen LogP contribution in [0.2, 0.25) is 0 Å². The average Bonchev–Trinajstić information content (AvgIpc) is 2.22. The van der Waals surface area contributed by atoms with Crippen LogP contribution >= 0.6 is 0 Å². The number of aliphatic carboxylic acids is 2. The molecule has 0 aromatic carbocycles. The van der Waals surface area contributed by atoms with Crippen molar-refractivity contribution in [1.29, 1.82) is 0 Å². The Labute approximate surface area is 92.6 Å². The molecule has 1 atom stereocenters. The molecule has 2 N–H and O–H groups in total. The molecule has 0 saturated carbocycles. The molecule has 0 saturated heterocycles. The SMILES string of the molecule is CCCCON(C(=O)C(=O)O)[C@@H](C)C(=O)O. The summed E-state index contributed by atoms with van der Waals surface area (Å²) >= 11 is 0. The number of carbonyl (C=O) groups excluding carboxylic acids is 1. The summed E-state index contributed by atoms with van der Waals surface area (Å²) in [6.07, 6.45) is 1.40. The van der Waals surface area contributed by atoms with E-state index in [0.717, 1.165) is 6.42 Å². The number of carboxylic acid groups (broad SMARTS) is 2. The van der Waals surface area contributed by atoms with E-state index in [9.17, 15) is 14.4 Å². The van der Waals surface area contributed by atoms with Gasteiger partial charge in [0.25, 0.3) is 0 Å². The monoisotopic (exact) mass is 233 g/mol. The van der Waals surface area contributed by atoms with E-state index in [-0.39, 0.29) is 6.61 Å². The second kappa shape index (κ2) is 6.78. The number of nitrogens with zero attached hydrogens (tertiary/aromatic N) is 1. The molecule has 92 valence electrons. The number of hydrogen-bond acceptors (Lipinski definition) is 4. The third-order valence-corrected chi connectivity index (χ3v) is 1.82. The number of rotatable bonds is 6. The lowest BCUT2D eigenvalue weighted by atomic mass is 10.3. The second-order valence-corrected chi connectivity index (χ2v) is 3.14. The molecule has 7 nitrogen and oxygen atoms in total. The van der Waals surface area contributed by atoms with Gasteiger partial charge in [-0.2, -0.15) is 5.06 Å². The van der Waals surface area contributed by atoms with Gasteiger partial charge in [0.15, 0.2) is 6.04 Å². The molecule has 0 fully saturated rings. The summed E-state index contributed by atoms with van der Waals surface area (Å²) in [7, 11) is 0. The normalized spacial score (nSPS) is 11.9. The zero-order chi connectivity index (χ0) is 12.7. The Morgan fingerprint density at radius 3 is 2.25 bits per heavy atom. The molecule has 0 aromatic rings. The predicted molar refractivity (Wildman–Crippen MR) is 52.4 cm³/mol. The standard InChI is InChI=1S/C9H15NO6/c1-3-4-5-16-10(6(2)8(12)13)7(11)9(14)15/h6H,3-5H2,1-2H3,(H,12,13)(H,14,15)/t6-/m0/s1. The summed E-state index contributed by atoms with van der Waals surface area (Å²) in [5, 5.41) is 17.5. The third-order valence-electron chi connectivity index (χ3n) is 1.82. The van der Waals surface area contributed by atoms with E-state index >= 15 is 0 Å². The van der Waals surface area contributed by atoms with Crippen molar-refractivity contribution in [3.05, 3.63) is 0 Å². The van der Waals surface area contributed by atoms with Gasteiger partial charge in [-0.25, -0.2) is 9.59 Å². The topological polar surface area (TPSA) is 104 Å². The first-order valence-corrected chi connectivity index (χ1v) is 4.84. The van der Waals surface area contributed by atoms with Gasteiger partial charge in [0.2, 0.25) is 0 Å². The van der Waals surface area contributed by atoms with Gasteiger partial charge in [-0.1, -0.05) is 13.3 Å². The first kappa shape index (κ1) is 14.4. The zero-order valence-electron chi connectivity index (χ0n) is 9.17. The van der Waals surface area contributed by atoms with Crippen LogP contribution in [0.15, 0.2) is 0 Å². The molecule has 0 heterocycles. The van der Waals surface area contributed by atoms with Crippen molar-refractivity contribution in [2.75, 3.05) is 6.61 Å². The van der Waals surface area contributed by atoms with Crippen LogP contribution in [0.1, 0.15) is 26.7 Å². The molecule has 0 radical (unpaired) electrons. The summed E-state index contributed by atoms with van der Waals surface area (Å²) in [5.74, 6) is -4.46. The lowest BCUT2D eigenvalue weighted by Crippen LogP contribution is -2.46. The fourth-order valence-corrected chi connectivity index (χ4v) is 0.848. The van der Waals surface area contributed by atoms with E-state index < -0.39 is 23.9 Å². The highest BCUT2D eigenvalue weighted by Crippen LogP contribution is 2.03. The maximum atomic E-state index is 11.1. The molecule has 0 aromatic heterocycles. The number of hydrogen-bond donors (Lipinski definition) is 2. The van der Waals surface area contributed by atoms with E-state index in [0.29, 0.717) is 11.5 Å². The highest BCUT2D eigenvalue weighted by atomic mass is 16.7. The van der Waals surface area contributed by atoms with Gasteiger partial charge >= 0.3 is 17.8 Å². The van der Waals surface area contributed by atoms with Gasteiger partial charge < -0.3 is 10.2 Å². The van der Waals surface area contributed by atoms with E-state index in [1.54, 1.807) is 0 Å². The van der Waals surface area contributed by atoms with E-state index in [1.807, 2.05) is 6.92 Å². The smallest absolute Gasteiger partial charge is 0.396 e. The van der Waals surface area contributed by atoms with Crippen molar-refractivity contribution in [3.8, 4) is 0 Å². The zero-order valence-corrected chi connectivity index (χ0v) is 9.17. The van der Waals surface area contributed by atoms with Crippen LogP contribution in [0.25, 0.3) is 0 Å². The minimum Gasteiger partial charge on any atom is -0.480 e. The van der Waals surface area contributed by atoms with E-state index in [1.165, 1.54) is 6.92 Å². The molecule has 0 spiro atoms. The first-order chi connectivity index (χ1) is 7.41. The summed E-state index contributed by atoms with van der Waals surface area (Å²) in [6.45, 7) is 3.16. The Kier molecular flexibility index (Phi) is 6.09. The second-order valence-electron chi connectivity index (χ2n) is 3.14. The van der Waals surface area contributed by atoms with Crippen LogP contribution in [-0.2, 0) is 19.2 Å². The molecule has 1 amide bonds. The summed E-state index contributed by atoms with van der Waals surface area (Å²) in [5.41, 5.74) is 0. The molecular weight excluding hydrogens is 218 g/mol. The molecule has 0 rings (SSSR count). The number of amides is 1. The molecule has 0 aliphatic rings. The molecule has 0 bridgehead atoms. The Balaban J connectivity index is 4.56. The van der Waals surface area contributed by atoms with Gasteiger partial charge in [-0.15, -0.1) is 0 Å². The van der Waals surface area contributed by atoms with Crippen molar-refractivity contribution < 1.29 is 29.4 Å². The largest absolute Gasteiger partial charge is 0.480 e. The van der Waals surface area contributed by atoms with Gasteiger partial charge in [0.05, 0.1) is 6.61 Å². The van der Waals surface area contributed by atoms with Crippen LogP contribution in [0.3, 0.4) is 0 Å². The molecule has 16 heavy (non-hydrogen) atoms. The van der Waals surface area contributed by atoms with Crippen molar-refractivity contribution in [3.63, 3.8) is 0 Å². The predicted octanol–water partition coefficient (Wildman–Crippen LogP) is 0.104. The van der Waals surface area contributed by atoms with Crippen LogP contribution in [-0.4, -0.2) is 45.8 Å². The van der Waals surface area contributed by atoms with Gasteiger partial charge in [-0.05, 0) is 13.3 Å². The van der Waals surface area contributed by atoms with Crippen LogP contribution in [0.4, 0.5) is 0 Å². The molecule has 0 unspecified atom stereocenters. The molecule has 0 aliphatic heterocycles. The average molecular weight is 233 g/mol. The molecule has 7 heteroatoms. The summed E-state index contributed by atoms with van der Waals surface area (Å²) in [6, 6.07) is -1.33. The van der Waals surface area contributed by atoms with Crippen molar-refractivity contribution >= 4 is 17.8 Å². The van der Waals surface area contributed by atoms with Crippen molar-refractivity contribution in [2.45, 2.75) is 32.7 Å². The maximum Gasteiger partial charge on any atom is 0.396 e. The molecular formula is C9H15NO6. The highest BCUT2D eigenvalue weighted by molar-refractivity contribution is 6.31. The number of carboxylic acids is 2. The lowest BCUT2D eigenvalue weighted by Gasteiger charge is -2.23. The van der Waals surface area contributed by atoms with Crippen molar-refractivity contribution in [1.82, 2.24) is 5.06 Å². The number of hydroxylamine groups is 2. The van der Waals surface area contributed by atoms with Crippen molar-refractivity contribution in [2.24, 2.45) is 0 Å². The number of unbranched alkanes of at least 4 members (excludes halogenated alkanes) is 1. The first-order valence-electron chi connectivity index (χ1n) is 4.84. The minimum absolute atomic E-state index is 0.104. The quantitative estimate of drug-likeness (QED) is 0.383. The van der Waals surface area contributed by atoms with Crippen LogP contribution in [0.5, 0.6) is 0 Å². The Morgan fingerprint density at radius 1 is 1.31 bits per heavy atom. The lowest BCUT2D eigenvalue weighted by molar-refractivity contribution is -0.208. The van der Waals surface area contributed by atoms with E-state index in [4.69, 9.17) is 15.1 Å². The van der Waals surface area contributed by atoms with E-state index in [2.05, 4.69) is 0 Å². The fourth-order valence-electron chi connectivity index (χ4n) is 0.848. The van der Waals surface area contributed by atoms with Crippen LogP contribution < -0.4 is 0 Å². The van der Waals surface area contributed by atoms with Crippen LogP contribution in [0, 0.1) is 0 Å². The van der Waals surface area contributed by atoms with Gasteiger partial charge in [0.1, 0.15) is 0 Å². The maximum absolute atomic E-state index is 11.1.